The molecule has 1 atom stereocenters. The Hall–Kier alpha value is -4.40. The highest BCUT2D eigenvalue weighted by atomic mass is 16.3. The second-order valence-corrected chi connectivity index (χ2v) is 9.74. The number of para-hydroxylation sites is 1. The van der Waals surface area contributed by atoms with Crippen molar-refractivity contribution in [3.05, 3.63) is 83.9 Å². The molecule has 1 heterocycles. The van der Waals surface area contributed by atoms with E-state index in [1.165, 1.54) is 21.7 Å². The Morgan fingerprint density at radius 2 is 1.68 bits per heavy atom. The molecule has 0 aliphatic heterocycles. The Bertz CT molecular complexity index is 1420. The van der Waals surface area contributed by atoms with Crippen molar-refractivity contribution < 1.29 is 19.8 Å². The standard InChI is InChI=1S/C29H31N5O4/c35-25-16-15-21(17-26(25)36)28(29(38)30-22-11-5-2-6-12-22)33(18-20-9-3-1-4-10-20)27(37)19-34-24-14-8-7-13-23(24)31-32-34/h1,3-4,7-10,13-17,22,28,35-36H,2,5-6,11-12,18-19H2,(H,30,38)/t28-/m1/s1. The van der Waals surface area contributed by atoms with E-state index in [1.54, 1.807) is 6.07 Å². The topological polar surface area (TPSA) is 121 Å². The van der Waals surface area contributed by atoms with Crippen molar-refractivity contribution in [1.29, 1.82) is 0 Å². The molecule has 38 heavy (non-hydrogen) atoms. The number of carbonyl (C=O) groups is 2. The van der Waals surface area contributed by atoms with Crippen LogP contribution in [-0.2, 0) is 22.7 Å². The zero-order valence-corrected chi connectivity index (χ0v) is 21.0. The quantitative estimate of drug-likeness (QED) is 0.306. The lowest BCUT2D eigenvalue weighted by atomic mass is 9.94. The number of nitrogens with zero attached hydrogens (tertiary/aromatic N) is 4. The zero-order valence-electron chi connectivity index (χ0n) is 21.0. The molecule has 0 bridgehead atoms. The average Bonchev–Trinajstić information content (AvgIpc) is 3.34. The molecule has 4 aromatic rings. The summed E-state index contributed by atoms with van der Waals surface area (Å²) in [6.07, 6.45) is 5.00. The summed E-state index contributed by atoms with van der Waals surface area (Å²) in [6.45, 7) is 0.0430. The van der Waals surface area contributed by atoms with Crippen molar-refractivity contribution in [1.82, 2.24) is 25.2 Å². The van der Waals surface area contributed by atoms with Gasteiger partial charge < -0.3 is 20.4 Å². The molecule has 9 heteroatoms. The fraction of sp³-hybridized carbons (Fsp3) is 0.310. The molecule has 1 aliphatic rings. The van der Waals surface area contributed by atoms with Crippen LogP contribution in [0.3, 0.4) is 0 Å². The lowest BCUT2D eigenvalue weighted by Crippen LogP contribution is -2.47. The van der Waals surface area contributed by atoms with Crippen LogP contribution >= 0.6 is 0 Å². The first-order valence-corrected chi connectivity index (χ1v) is 12.9. The van der Waals surface area contributed by atoms with Crippen LogP contribution in [0.5, 0.6) is 11.5 Å². The van der Waals surface area contributed by atoms with Gasteiger partial charge in [0.15, 0.2) is 11.5 Å². The van der Waals surface area contributed by atoms with E-state index in [9.17, 15) is 19.8 Å². The van der Waals surface area contributed by atoms with Gasteiger partial charge in [0.05, 0.1) is 5.52 Å². The smallest absolute Gasteiger partial charge is 0.247 e. The fourth-order valence-electron chi connectivity index (χ4n) is 5.07. The van der Waals surface area contributed by atoms with Gasteiger partial charge in [-0.1, -0.05) is 73.0 Å². The van der Waals surface area contributed by atoms with Crippen molar-refractivity contribution in [2.24, 2.45) is 0 Å². The number of nitrogens with one attached hydrogen (secondary N) is 1. The van der Waals surface area contributed by atoms with Crippen LogP contribution < -0.4 is 5.32 Å². The second kappa shape index (κ2) is 11.3. The molecule has 1 aliphatic carbocycles. The molecule has 5 rings (SSSR count). The monoisotopic (exact) mass is 513 g/mol. The van der Waals surface area contributed by atoms with Gasteiger partial charge in [0.2, 0.25) is 11.8 Å². The number of hydrogen-bond acceptors (Lipinski definition) is 6. The molecule has 0 spiro atoms. The first kappa shape index (κ1) is 25.3. The molecule has 1 fully saturated rings. The van der Waals surface area contributed by atoms with Gasteiger partial charge in [-0.15, -0.1) is 5.10 Å². The van der Waals surface area contributed by atoms with Gasteiger partial charge in [0.1, 0.15) is 18.1 Å². The third-order valence-electron chi connectivity index (χ3n) is 7.05. The van der Waals surface area contributed by atoms with E-state index in [2.05, 4.69) is 15.6 Å². The number of fused-ring (bicyclic) bond motifs is 1. The number of rotatable bonds is 8. The Balaban J connectivity index is 1.53. The normalized spacial score (nSPS) is 14.7. The largest absolute Gasteiger partial charge is 0.504 e. The highest BCUT2D eigenvalue weighted by Gasteiger charge is 2.34. The van der Waals surface area contributed by atoms with Gasteiger partial charge in [-0.25, -0.2) is 4.68 Å². The van der Waals surface area contributed by atoms with E-state index >= 15 is 0 Å². The van der Waals surface area contributed by atoms with E-state index in [0.29, 0.717) is 16.6 Å². The van der Waals surface area contributed by atoms with Crippen LogP contribution in [0.1, 0.15) is 49.3 Å². The van der Waals surface area contributed by atoms with Crippen molar-refractivity contribution in [2.75, 3.05) is 0 Å². The Labute approximate surface area is 220 Å². The number of benzene rings is 3. The maximum atomic E-state index is 14.0. The van der Waals surface area contributed by atoms with Crippen LogP contribution in [-0.4, -0.2) is 48.0 Å². The third-order valence-corrected chi connectivity index (χ3v) is 7.05. The SMILES string of the molecule is O=C(NC1CCCCC1)[C@@H](c1ccc(O)c(O)c1)N(Cc1ccccc1)C(=O)Cn1nnc2ccccc21. The summed E-state index contributed by atoms with van der Waals surface area (Å²) >= 11 is 0. The molecule has 1 saturated carbocycles. The molecule has 3 aromatic carbocycles. The number of carbonyl (C=O) groups excluding carboxylic acids is 2. The van der Waals surface area contributed by atoms with Crippen molar-refractivity contribution in [2.45, 2.75) is 57.3 Å². The minimum atomic E-state index is -1.04. The minimum absolute atomic E-state index is 0.0254. The van der Waals surface area contributed by atoms with Crippen LogP contribution in [0.2, 0.25) is 0 Å². The van der Waals surface area contributed by atoms with Gasteiger partial charge in [-0.2, -0.15) is 0 Å². The summed E-state index contributed by atoms with van der Waals surface area (Å²) in [4.78, 5) is 29.4. The van der Waals surface area contributed by atoms with Crippen LogP contribution in [0.15, 0.2) is 72.8 Å². The lowest BCUT2D eigenvalue weighted by Gasteiger charge is -2.33. The summed E-state index contributed by atoms with van der Waals surface area (Å²) in [6, 6.07) is 20.1. The van der Waals surface area contributed by atoms with Gasteiger partial charge in [0, 0.05) is 12.6 Å². The van der Waals surface area contributed by atoms with E-state index in [0.717, 1.165) is 37.7 Å². The van der Waals surface area contributed by atoms with Crippen molar-refractivity contribution >= 4 is 22.8 Å². The maximum Gasteiger partial charge on any atom is 0.247 e. The summed E-state index contributed by atoms with van der Waals surface area (Å²) < 4.78 is 1.53. The highest BCUT2D eigenvalue weighted by Crippen LogP contribution is 2.32. The van der Waals surface area contributed by atoms with Crippen LogP contribution in [0.25, 0.3) is 11.0 Å². The zero-order chi connectivity index (χ0) is 26.5. The summed E-state index contributed by atoms with van der Waals surface area (Å²) in [5.74, 6) is -1.31. The molecule has 0 unspecified atom stereocenters. The first-order valence-electron chi connectivity index (χ1n) is 12.9. The van der Waals surface area contributed by atoms with Crippen LogP contribution in [0, 0.1) is 0 Å². The molecule has 2 amide bonds. The molecule has 9 nitrogen and oxygen atoms in total. The maximum absolute atomic E-state index is 14.0. The second-order valence-electron chi connectivity index (χ2n) is 9.74. The Kier molecular flexibility index (Phi) is 7.53. The first-order chi connectivity index (χ1) is 18.5. The van der Waals surface area contributed by atoms with Crippen molar-refractivity contribution in [3.8, 4) is 11.5 Å². The van der Waals surface area contributed by atoms with Crippen molar-refractivity contribution in [3.63, 3.8) is 0 Å². The number of amides is 2. The number of phenols is 2. The van der Waals surface area contributed by atoms with E-state index in [-0.39, 0.29) is 42.4 Å². The Morgan fingerprint density at radius 3 is 2.45 bits per heavy atom. The van der Waals surface area contributed by atoms with Crippen LogP contribution in [0.4, 0.5) is 0 Å². The summed E-state index contributed by atoms with van der Waals surface area (Å²) in [5.41, 5.74) is 2.64. The minimum Gasteiger partial charge on any atom is -0.504 e. The molecule has 0 radical (unpaired) electrons. The fourth-order valence-corrected chi connectivity index (χ4v) is 5.07. The summed E-state index contributed by atoms with van der Waals surface area (Å²) in [7, 11) is 0. The van der Waals surface area contributed by atoms with Gasteiger partial charge >= 0.3 is 0 Å². The number of aromatic nitrogens is 3. The van der Waals surface area contributed by atoms with E-state index < -0.39 is 6.04 Å². The van der Waals surface area contributed by atoms with E-state index in [1.807, 2.05) is 54.6 Å². The molecular weight excluding hydrogens is 482 g/mol. The third kappa shape index (κ3) is 5.61. The molecule has 0 saturated heterocycles. The predicted molar refractivity (Wildman–Crippen MR) is 142 cm³/mol. The summed E-state index contributed by atoms with van der Waals surface area (Å²) in [5, 5.41) is 31.7. The van der Waals surface area contributed by atoms with E-state index in [4.69, 9.17) is 0 Å². The Morgan fingerprint density at radius 1 is 0.947 bits per heavy atom. The number of hydrogen-bond donors (Lipinski definition) is 3. The molecular formula is C29H31N5O4. The molecule has 3 N–H and O–H groups in total. The highest BCUT2D eigenvalue weighted by molar-refractivity contribution is 5.89. The van der Waals surface area contributed by atoms with Gasteiger partial charge in [-0.05, 0) is 48.2 Å². The van der Waals surface area contributed by atoms with Gasteiger partial charge in [0.25, 0.3) is 0 Å². The predicted octanol–water partition coefficient (Wildman–Crippen LogP) is 4.06. The average molecular weight is 514 g/mol. The lowest BCUT2D eigenvalue weighted by molar-refractivity contribution is -0.142. The molecule has 1 aromatic heterocycles. The van der Waals surface area contributed by atoms with Gasteiger partial charge in [-0.3, -0.25) is 9.59 Å². The number of aromatic hydroxyl groups is 2. The molecule has 196 valence electrons. The number of phenolic OH excluding ortho intramolecular Hbond substituents is 2.